The Labute approximate surface area is 158 Å². The number of carbonyl (C=O) groups excluding carboxylic acids is 2. The predicted molar refractivity (Wildman–Crippen MR) is 104 cm³/mol. The second-order valence-electron chi connectivity index (χ2n) is 6.39. The van der Waals surface area contributed by atoms with Crippen molar-refractivity contribution < 1.29 is 14.3 Å². The summed E-state index contributed by atoms with van der Waals surface area (Å²) >= 11 is 0. The van der Waals surface area contributed by atoms with Crippen molar-refractivity contribution in [2.24, 2.45) is 11.0 Å². The van der Waals surface area contributed by atoms with Gasteiger partial charge in [0.15, 0.2) is 0 Å². The van der Waals surface area contributed by atoms with Gasteiger partial charge in [-0.3, -0.25) is 9.78 Å². The van der Waals surface area contributed by atoms with Gasteiger partial charge in [-0.1, -0.05) is 44.2 Å². The van der Waals surface area contributed by atoms with Gasteiger partial charge in [0.05, 0.1) is 19.0 Å². The molecule has 142 valence electrons. The van der Waals surface area contributed by atoms with Crippen LogP contribution in [0.2, 0.25) is 0 Å². The molecule has 1 aromatic carbocycles. The monoisotopic (exact) mass is 368 g/mol. The zero-order chi connectivity index (χ0) is 19.6. The lowest BCUT2D eigenvalue weighted by Gasteiger charge is -2.17. The molecule has 0 aliphatic heterocycles. The molecule has 2 rings (SSSR count). The number of carbonyl (C=O) groups is 2. The molecule has 0 bridgehead atoms. The summed E-state index contributed by atoms with van der Waals surface area (Å²) in [6.45, 7) is 3.93. The van der Waals surface area contributed by atoms with E-state index in [4.69, 9.17) is 0 Å². The van der Waals surface area contributed by atoms with Crippen LogP contribution in [0.1, 0.15) is 25.8 Å². The van der Waals surface area contributed by atoms with E-state index in [1.807, 2.05) is 56.3 Å². The first-order chi connectivity index (χ1) is 13.0. The molecule has 2 aromatic rings. The van der Waals surface area contributed by atoms with Crippen LogP contribution in [0.5, 0.6) is 0 Å². The summed E-state index contributed by atoms with van der Waals surface area (Å²) in [4.78, 5) is 28.0. The lowest BCUT2D eigenvalue weighted by molar-refractivity contribution is -0.123. The highest BCUT2D eigenvalue weighted by Gasteiger charge is 2.21. The van der Waals surface area contributed by atoms with E-state index in [-0.39, 0.29) is 5.92 Å². The number of methoxy groups -OCH3 is 1. The summed E-state index contributed by atoms with van der Waals surface area (Å²) in [5.41, 5.74) is 5.18. The van der Waals surface area contributed by atoms with Gasteiger partial charge in [0.2, 0.25) is 0 Å². The first-order valence-corrected chi connectivity index (χ1v) is 8.68. The Bertz CT molecular complexity index is 774. The van der Waals surface area contributed by atoms with Crippen molar-refractivity contribution in [2.45, 2.75) is 26.3 Å². The summed E-state index contributed by atoms with van der Waals surface area (Å²) in [5, 5.41) is 6.49. The Kier molecular flexibility index (Phi) is 7.49. The number of amides is 2. The molecule has 0 spiro atoms. The minimum absolute atomic E-state index is 0.223. The maximum atomic E-state index is 12.3. The SMILES string of the molecule is COC(=O)NC(CC(C)C)C(=O)N/N=C/c1ccc(-c2ccccn2)cc1. The molecule has 27 heavy (non-hydrogen) atoms. The standard InChI is InChI=1S/C20H24N4O3/c1-14(2)12-18(23-20(26)27-3)19(25)24-22-13-15-7-9-16(10-8-15)17-6-4-5-11-21-17/h4-11,13-14,18H,12H2,1-3H3,(H,23,26)(H,24,25)/b22-13+. The number of nitrogens with one attached hydrogen (secondary N) is 2. The largest absolute Gasteiger partial charge is 0.453 e. The van der Waals surface area contributed by atoms with Crippen LogP contribution < -0.4 is 10.7 Å². The smallest absolute Gasteiger partial charge is 0.407 e. The number of rotatable bonds is 7. The van der Waals surface area contributed by atoms with Gasteiger partial charge in [-0.15, -0.1) is 0 Å². The van der Waals surface area contributed by atoms with Crippen LogP contribution in [0, 0.1) is 5.92 Å². The molecule has 2 N–H and O–H groups in total. The fraction of sp³-hybridized carbons (Fsp3) is 0.300. The average Bonchev–Trinajstić information content (AvgIpc) is 2.68. The molecule has 0 aliphatic rings. The van der Waals surface area contributed by atoms with Crippen LogP contribution in [0.15, 0.2) is 53.8 Å². The van der Waals surface area contributed by atoms with Crippen molar-refractivity contribution in [2.75, 3.05) is 7.11 Å². The van der Waals surface area contributed by atoms with Gasteiger partial charge in [0.25, 0.3) is 5.91 Å². The normalized spacial score (nSPS) is 12.0. The molecular weight excluding hydrogens is 344 g/mol. The Morgan fingerprint density at radius 2 is 1.93 bits per heavy atom. The summed E-state index contributed by atoms with van der Waals surface area (Å²) in [5.74, 6) is -0.170. The number of nitrogens with zero attached hydrogens (tertiary/aromatic N) is 2. The van der Waals surface area contributed by atoms with E-state index < -0.39 is 18.0 Å². The molecule has 7 nitrogen and oxygen atoms in total. The molecule has 1 heterocycles. The van der Waals surface area contributed by atoms with Crippen molar-refractivity contribution in [3.8, 4) is 11.3 Å². The molecule has 1 atom stereocenters. The summed E-state index contributed by atoms with van der Waals surface area (Å²) in [6, 6.07) is 12.7. The topological polar surface area (TPSA) is 92.7 Å². The third kappa shape index (κ3) is 6.54. The zero-order valence-corrected chi connectivity index (χ0v) is 15.7. The number of hydrogen-bond acceptors (Lipinski definition) is 5. The van der Waals surface area contributed by atoms with Crippen molar-refractivity contribution >= 4 is 18.2 Å². The van der Waals surface area contributed by atoms with Crippen LogP contribution in [-0.4, -0.2) is 36.4 Å². The molecule has 0 aliphatic carbocycles. The predicted octanol–water partition coefficient (Wildman–Crippen LogP) is 2.97. The lowest BCUT2D eigenvalue weighted by Crippen LogP contribution is -2.46. The molecule has 0 saturated carbocycles. The molecule has 1 unspecified atom stereocenters. The molecular formula is C20H24N4O3. The van der Waals surface area contributed by atoms with Gasteiger partial charge < -0.3 is 10.1 Å². The lowest BCUT2D eigenvalue weighted by atomic mass is 10.0. The third-order valence-electron chi connectivity index (χ3n) is 3.76. The summed E-state index contributed by atoms with van der Waals surface area (Å²) < 4.78 is 4.56. The maximum absolute atomic E-state index is 12.3. The van der Waals surface area contributed by atoms with Crippen molar-refractivity contribution in [3.63, 3.8) is 0 Å². The Morgan fingerprint density at radius 3 is 2.52 bits per heavy atom. The van der Waals surface area contributed by atoms with Crippen molar-refractivity contribution in [3.05, 3.63) is 54.2 Å². The number of hydrogen-bond donors (Lipinski definition) is 2. The Morgan fingerprint density at radius 1 is 1.19 bits per heavy atom. The van der Waals surface area contributed by atoms with Gasteiger partial charge in [-0.2, -0.15) is 5.10 Å². The quantitative estimate of drug-likeness (QED) is 0.580. The van der Waals surface area contributed by atoms with Crippen molar-refractivity contribution in [1.82, 2.24) is 15.7 Å². The summed E-state index contributed by atoms with van der Waals surface area (Å²) in [6.07, 6.45) is 3.13. The molecule has 2 amide bonds. The van der Waals surface area contributed by atoms with E-state index in [0.29, 0.717) is 6.42 Å². The Hall–Kier alpha value is -3.22. The highest BCUT2D eigenvalue weighted by molar-refractivity contribution is 5.87. The number of benzene rings is 1. The number of aromatic nitrogens is 1. The van der Waals surface area contributed by atoms with E-state index in [9.17, 15) is 9.59 Å². The molecule has 1 aromatic heterocycles. The van der Waals surface area contributed by atoms with Gasteiger partial charge in [-0.05, 0) is 30.0 Å². The van der Waals surface area contributed by atoms with E-state index in [1.54, 1.807) is 12.4 Å². The maximum Gasteiger partial charge on any atom is 0.407 e. The van der Waals surface area contributed by atoms with Crippen molar-refractivity contribution in [1.29, 1.82) is 0 Å². The number of pyridine rings is 1. The zero-order valence-electron chi connectivity index (χ0n) is 15.7. The summed E-state index contributed by atoms with van der Waals surface area (Å²) in [7, 11) is 1.26. The minimum Gasteiger partial charge on any atom is -0.453 e. The second-order valence-corrected chi connectivity index (χ2v) is 6.39. The van der Waals surface area contributed by atoms with Gasteiger partial charge >= 0.3 is 6.09 Å². The minimum atomic E-state index is -0.707. The van der Waals surface area contributed by atoms with E-state index in [0.717, 1.165) is 16.8 Å². The highest BCUT2D eigenvalue weighted by atomic mass is 16.5. The molecule has 7 heteroatoms. The second kappa shape index (κ2) is 10.1. The van der Waals surface area contributed by atoms with Crippen LogP contribution in [-0.2, 0) is 9.53 Å². The molecule has 0 fully saturated rings. The number of alkyl carbamates (subject to hydrolysis) is 1. The van der Waals surface area contributed by atoms with Crippen LogP contribution in [0.3, 0.4) is 0 Å². The van der Waals surface area contributed by atoms with Crippen LogP contribution in [0.25, 0.3) is 11.3 Å². The third-order valence-corrected chi connectivity index (χ3v) is 3.76. The Balaban J connectivity index is 1.96. The van der Waals surface area contributed by atoms with E-state index in [1.165, 1.54) is 7.11 Å². The number of ether oxygens (including phenoxy) is 1. The highest BCUT2D eigenvalue weighted by Crippen LogP contribution is 2.16. The molecule has 0 saturated heterocycles. The van der Waals surface area contributed by atoms with Gasteiger partial charge in [-0.25, -0.2) is 10.2 Å². The number of hydrazone groups is 1. The van der Waals surface area contributed by atoms with E-state index >= 15 is 0 Å². The van der Waals surface area contributed by atoms with Gasteiger partial charge in [0.1, 0.15) is 6.04 Å². The fourth-order valence-electron chi connectivity index (χ4n) is 2.43. The van der Waals surface area contributed by atoms with Crippen LogP contribution >= 0.6 is 0 Å². The first-order valence-electron chi connectivity index (χ1n) is 8.68. The van der Waals surface area contributed by atoms with E-state index in [2.05, 4.69) is 25.6 Å². The average molecular weight is 368 g/mol. The first kappa shape index (κ1) is 20.1. The molecule has 0 radical (unpaired) electrons. The van der Waals surface area contributed by atoms with Crippen LogP contribution in [0.4, 0.5) is 4.79 Å². The van der Waals surface area contributed by atoms with Gasteiger partial charge in [0, 0.05) is 11.8 Å². The fourth-order valence-corrected chi connectivity index (χ4v) is 2.43.